The van der Waals surface area contributed by atoms with Crippen LogP contribution in [0.5, 0.6) is 5.75 Å². The molecule has 0 saturated heterocycles. The number of hydrogen-bond donors (Lipinski definition) is 8. The molecule has 0 aliphatic carbocycles. The van der Waals surface area contributed by atoms with Crippen LogP contribution >= 0.6 is 11.8 Å². The Kier molecular flexibility index (Phi) is 12.0. The Morgan fingerprint density at radius 3 is 2.21 bits per heavy atom. The average molecular weight is 551 g/mol. The fraction of sp³-hybridized carbons (Fsp3) is 0.458. The highest BCUT2D eigenvalue weighted by atomic mass is 32.2. The molecule has 9 N–H and O–H groups in total. The number of carboxylic acids is 1. The molecule has 208 valence electrons. The maximum atomic E-state index is 13.3. The molecular formula is C24H34N6O7S. The van der Waals surface area contributed by atoms with Gasteiger partial charge < -0.3 is 42.0 Å². The van der Waals surface area contributed by atoms with E-state index in [0.717, 1.165) is 0 Å². The summed E-state index contributed by atoms with van der Waals surface area (Å²) in [6.45, 7) is 1.23. The number of benzene rings is 1. The lowest BCUT2D eigenvalue weighted by molar-refractivity contribution is -0.145. The van der Waals surface area contributed by atoms with Crippen molar-refractivity contribution in [2.75, 3.05) is 12.0 Å². The molecule has 0 radical (unpaired) electrons. The van der Waals surface area contributed by atoms with Gasteiger partial charge in [0.05, 0.1) is 18.5 Å². The summed E-state index contributed by atoms with van der Waals surface area (Å²) in [7, 11) is 0. The van der Waals surface area contributed by atoms with Crippen molar-refractivity contribution in [3.8, 4) is 5.75 Å². The molecule has 0 spiro atoms. The van der Waals surface area contributed by atoms with E-state index in [-0.39, 0.29) is 25.0 Å². The van der Waals surface area contributed by atoms with Crippen LogP contribution in [0.1, 0.15) is 24.6 Å². The normalized spacial score (nSPS) is 14.9. The Labute approximate surface area is 224 Å². The number of amides is 3. The third kappa shape index (κ3) is 9.68. The molecule has 0 saturated carbocycles. The van der Waals surface area contributed by atoms with E-state index in [1.165, 1.54) is 43.3 Å². The summed E-state index contributed by atoms with van der Waals surface area (Å²) >= 11 is 1.42. The van der Waals surface area contributed by atoms with Crippen LogP contribution in [0.25, 0.3) is 0 Å². The number of thioether (sulfide) groups is 1. The number of aromatic hydroxyl groups is 1. The largest absolute Gasteiger partial charge is 0.508 e. The van der Waals surface area contributed by atoms with Gasteiger partial charge in [0.15, 0.2) is 6.04 Å². The molecule has 1 aromatic heterocycles. The summed E-state index contributed by atoms with van der Waals surface area (Å²) in [5, 5.41) is 35.9. The quantitative estimate of drug-likeness (QED) is 0.134. The van der Waals surface area contributed by atoms with Crippen LogP contribution in [0, 0.1) is 0 Å². The van der Waals surface area contributed by atoms with E-state index in [2.05, 4.69) is 25.9 Å². The molecular weight excluding hydrogens is 516 g/mol. The third-order valence-corrected chi connectivity index (χ3v) is 6.27. The zero-order chi connectivity index (χ0) is 28.2. The Balaban J connectivity index is 2.16. The van der Waals surface area contributed by atoms with E-state index in [4.69, 9.17) is 5.73 Å². The van der Waals surface area contributed by atoms with Crippen molar-refractivity contribution in [2.24, 2.45) is 5.73 Å². The van der Waals surface area contributed by atoms with Crippen molar-refractivity contribution in [3.05, 3.63) is 48.0 Å². The number of aromatic nitrogens is 2. The zero-order valence-electron chi connectivity index (χ0n) is 21.1. The number of aromatic amines is 1. The lowest BCUT2D eigenvalue weighted by Crippen LogP contribution is -2.59. The fourth-order valence-electron chi connectivity index (χ4n) is 3.50. The Bertz CT molecular complexity index is 1060. The summed E-state index contributed by atoms with van der Waals surface area (Å²) in [5.74, 6) is -2.95. The maximum Gasteiger partial charge on any atom is 0.328 e. The third-order valence-electron chi connectivity index (χ3n) is 5.63. The van der Waals surface area contributed by atoms with Crippen molar-refractivity contribution in [3.63, 3.8) is 0 Å². The van der Waals surface area contributed by atoms with Crippen LogP contribution in [-0.4, -0.2) is 91.3 Å². The smallest absolute Gasteiger partial charge is 0.328 e. The molecule has 3 amide bonds. The van der Waals surface area contributed by atoms with E-state index in [1.54, 1.807) is 12.1 Å². The van der Waals surface area contributed by atoms with E-state index >= 15 is 0 Å². The number of nitrogens with two attached hydrogens (primary N) is 1. The van der Waals surface area contributed by atoms with Gasteiger partial charge in [-0.2, -0.15) is 11.8 Å². The molecule has 2 rings (SSSR count). The lowest BCUT2D eigenvalue weighted by Gasteiger charge is -2.25. The van der Waals surface area contributed by atoms with Gasteiger partial charge in [0.1, 0.15) is 17.8 Å². The number of H-pyrrole nitrogens is 1. The lowest BCUT2D eigenvalue weighted by atomic mass is 10.0. The molecule has 0 aliphatic rings. The first kappa shape index (κ1) is 30.6. The molecule has 5 unspecified atom stereocenters. The van der Waals surface area contributed by atoms with Gasteiger partial charge >= 0.3 is 5.97 Å². The molecule has 0 bridgehead atoms. The van der Waals surface area contributed by atoms with Gasteiger partial charge in [-0.15, -0.1) is 0 Å². The number of rotatable bonds is 15. The molecule has 5 atom stereocenters. The Morgan fingerprint density at radius 2 is 1.66 bits per heavy atom. The standard InChI is InChI=1S/C24H34N6O7S/c1-13(31)20(24(36)37)30-22(34)18(7-8-38-2)28-23(35)19(10-15-11-26-12-27-15)29-21(33)17(25)9-14-3-5-16(32)6-4-14/h3-6,11-13,17-20,31-32H,7-10,25H2,1-2H3,(H,26,27)(H,28,35)(H,29,33)(H,30,34)(H,36,37). The second kappa shape index (κ2) is 15.0. The van der Waals surface area contributed by atoms with Crippen LogP contribution < -0.4 is 21.7 Å². The zero-order valence-corrected chi connectivity index (χ0v) is 21.9. The number of carbonyl (C=O) groups excluding carboxylic acids is 3. The molecule has 0 fully saturated rings. The number of carboxylic acid groups (broad SMARTS) is 1. The van der Waals surface area contributed by atoms with E-state index < -0.39 is 54.0 Å². The predicted molar refractivity (Wildman–Crippen MR) is 140 cm³/mol. The van der Waals surface area contributed by atoms with Gasteiger partial charge in [0.2, 0.25) is 17.7 Å². The van der Waals surface area contributed by atoms with Crippen LogP contribution in [0.3, 0.4) is 0 Å². The van der Waals surface area contributed by atoms with Crippen molar-refractivity contribution in [1.29, 1.82) is 0 Å². The molecule has 1 heterocycles. The minimum Gasteiger partial charge on any atom is -0.508 e. The summed E-state index contributed by atoms with van der Waals surface area (Å²) in [5.41, 5.74) is 7.32. The highest BCUT2D eigenvalue weighted by Crippen LogP contribution is 2.11. The highest BCUT2D eigenvalue weighted by molar-refractivity contribution is 7.98. The first-order valence-corrected chi connectivity index (χ1v) is 13.2. The highest BCUT2D eigenvalue weighted by Gasteiger charge is 2.32. The Morgan fingerprint density at radius 1 is 1.03 bits per heavy atom. The van der Waals surface area contributed by atoms with Gasteiger partial charge in [-0.05, 0) is 49.5 Å². The van der Waals surface area contributed by atoms with Crippen molar-refractivity contribution >= 4 is 35.5 Å². The molecule has 13 nitrogen and oxygen atoms in total. The molecule has 0 aliphatic heterocycles. The number of aliphatic carboxylic acids is 1. The monoisotopic (exact) mass is 550 g/mol. The van der Waals surface area contributed by atoms with Crippen LogP contribution in [0.2, 0.25) is 0 Å². The molecule has 14 heteroatoms. The second-order valence-corrected chi connectivity index (χ2v) is 9.71. The average Bonchev–Trinajstić information content (AvgIpc) is 3.38. The number of phenolic OH excluding ortho intramolecular Hbond substituents is 1. The SMILES string of the molecule is CSCCC(NC(=O)C(Cc1cnc[nH]1)NC(=O)C(N)Cc1ccc(O)cc1)C(=O)NC(C(=O)O)C(C)O. The molecule has 1 aromatic carbocycles. The summed E-state index contributed by atoms with van der Waals surface area (Å²) in [4.78, 5) is 57.2. The van der Waals surface area contributed by atoms with Crippen molar-refractivity contribution in [1.82, 2.24) is 25.9 Å². The number of phenols is 1. The number of carbonyl (C=O) groups is 4. The van der Waals surface area contributed by atoms with Gasteiger partial charge in [0, 0.05) is 18.3 Å². The minimum absolute atomic E-state index is 0.0196. The first-order valence-electron chi connectivity index (χ1n) is 11.8. The maximum absolute atomic E-state index is 13.3. The number of hydrogen-bond acceptors (Lipinski definition) is 9. The van der Waals surface area contributed by atoms with Gasteiger partial charge in [-0.1, -0.05) is 12.1 Å². The molecule has 38 heavy (non-hydrogen) atoms. The Hall–Kier alpha value is -3.62. The van der Waals surface area contributed by atoms with Gasteiger partial charge in [0.25, 0.3) is 0 Å². The van der Waals surface area contributed by atoms with E-state index in [0.29, 0.717) is 17.0 Å². The number of imidazole rings is 1. The van der Waals surface area contributed by atoms with Gasteiger partial charge in [-0.25, -0.2) is 9.78 Å². The summed E-state index contributed by atoms with van der Waals surface area (Å²) in [6.07, 6.45) is 3.70. The summed E-state index contributed by atoms with van der Waals surface area (Å²) in [6, 6.07) is 1.38. The number of aliphatic hydroxyl groups excluding tert-OH is 1. The molecule has 2 aromatic rings. The van der Waals surface area contributed by atoms with Crippen LogP contribution in [-0.2, 0) is 32.0 Å². The number of nitrogens with one attached hydrogen (secondary N) is 4. The number of nitrogens with zero attached hydrogens (tertiary/aromatic N) is 1. The second-order valence-electron chi connectivity index (χ2n) is 8.73. The van der Waals surface area contributed by atoms with Gasteiger partial charge in [-0.3, -0.25) is 14.4 Å². The number of aliphatic hydroxyl groups is 1. The van der Waals surface area contributed by atoms with E-state index in [9.17, 15) is 34.5 Å². The first-order chi connectivity index (χ1) is 18.0. The topological polar surface area (TPSA) is 220 Å². The fourth-order valence-corrected chi connectivity index (χ4v) is 3.97. The van der Waals surface area contributed by atoms with E-state index in [1.807, 2.05) is 6.26 Å². The minimum atomic E-state index is -1.56. The summed E-state index contributed by atoms with van der Waals surface area (Å²) < 4.78 is 0. The van der Waals surface area contributed by atoms with Crippen molar-refractivity contribution < 1.29 is 34.5 Å². The van der Waals surface area contributed by atoms with Crippen LogP contribution in [0.4, 0.5) is 0 Å². The van der Waals surface area contributed by atoms with Crippen molar-refractivity contribution in [2.45, 2.75) is 56.5 Å². The van der Waals surface area contributed by atoms with Crippen LogP contribution in [0.15, 0.2) is 36.8 Å². The predicted octanol–water partition coefficient (Wildman–Crippen LogP) is -1.10.